The first-order valence-electron chi connectivity index (χ1n) is 6.64. The third-order valence-corrected chi connectivity index (χ3v) is 4.36. The summed E-state index contributed by atoms with van der Waals surface area (Å²) in [4.78, 5) is 26.2. The summed E-state index contributed by atoms with van der Waals surface area (Å²) in [7, 11) is 0. The van der Waals surface area contributed by atoms with Crippen LogP contribution in [0.25, 0.3) is 0 Å². The third-order valence-electron chi connectivity index (χ3n) is 3.12. The Morgan fingerprint density at radius 1 is 1.48 bits per heavy atom. The van der Waals surface area contributed by atoms with Gasteiger partial charge in [-0.25, -0.2) is 4.79 Å². The number of amides is 1. The number of carbonyl (C=O) groups excluding carboxylic acids is 2. The summed E-state index contributed by atoms with van der Waals surface area (Å²) in [6, 6.07) is 4.15. The summed E-state index contributed by atoms with van der Waals surface area (Å²) in [5, 5.41) is 0.400. The molecule has 0 aromatic heterocycles. The first kappa shape index (κ1) is 16.0. The van der Waals surface area contributed by atoms with Crippen LogP contribution >= 0.6 is 23.4 Å². The summed E-state index contributed by atoms with van der Waals surface area (Å²) in [6.45, 7) is 2.54. The first-order valence-corrected chi connectivity index (χ1v) is 8.17. The highest BCUT2D eigenvalue weighted by atomic mass is 35.5. The fraction of sp³-hybridized carbons (Fsp3) is 0.429. The van der Waals surface area contributed by atoms with E-state index in [1.54, 1.807) is 41.8 Å². The van der Waals surface area contributed by atoms with Crippen molar-refractivity contribution in [3.05, 3.63) is 28.8 Å². The molecule has 21 heavy (non-hydrogen) atoms. The van der Waals surface area contributed by atoms with Gasteiger partial charge in [-0.3, -0.25) is 4.79 Å². The number of carbonyl (C=O) groups is 2. The molecular formula is C14H17ClN2O3S. The molecule has 1 aromatic rings. The maximum absolute atomic E-state index is 12.6. The van der Waals surface area contributed by atoms with Crippen molar-refractivity contribution < 1.29 is 14.3 Å². The van der Waals surface area contributed by atoms with Crippen LogP contribution in [0.5, 0.6) is 0 Å². The molecule has 5 nitrogen and oxygen atoms in total. The maximum atomic E-state index is 12.6. The van der Waals surface area contributed by atoms with E-state index in [0.717, 1.165) is 5.75 Å². The number of esters is 1. The Hall–Kier alpha value is -1.40. The molecule has 1 aliphatic heterocycles. The molecule has 2 N–H and O–H groups in total. The zero-order chi connectivity index (χ0) is 15.4. The van der Waals surface area contributed by atoms with Gasteiger partial charge in [0.2, 0.25) is 0 Å². The molecule has 1 heterocycles. The molecule has 1 aliphatic rings. The Kier molecular flexibility index (Phi) is 5.36. The van der Waals surface area contributed by atoms with Crippen molar-refractivity contribution in [3.8, 4) is 0 Å². The van der Waals surface area contributed by atoms with Gasteiger partial charge in [-0.05, 0) is 25.1 Å². The molecule has 2 rings (SSSR count). The van der Waals surface area contributed by atoms with Crippen molar-refractivity contribution in [1.82, 2.24) is 4.90 Å². The predicted molar refractivity (Wildman–Crippen MR) is 84.6 cm³/mol. The third kappa shape index (κ3) is 3.83. The molecule has 0 saturated carbocycles. The second kappa shape index (κ2) is 7.04. The quantitative estimate of drug-likeness (QED) is 0.679. The summed E-state index contributed by atoms with van der Waals surface area (Å²) >= 11 is 7.57. The summed E-state index contributed by atoms with van der Waals surface area (Å²) in [5.74, 6) is 0.716. The zero-order valence-electron chi connectivity index (χ0n) is 11.7. The fourth-order valence-corrected chi connectivity index (χ4v) is 3.46. The average Bonchev–Trinajstić information content (AvgIpc) is 2.45. The lowest BCUT2D eigenvalue weighted by Gasteiger charge is -2.33. The van der Waals surface area contributed by atoms with Crippen LogP contribution in [0.4, 0.5) is 5.69 Å². The minimum absolute atomic E-state index is 0.248. The molecule has 0 radical (unpaired) electrons. The van der Waals surface area contributed by atoms with Crippen LogP contribution in [-0.2, 0) is 9.53 Å². The van der Waals surface area contributed by atoms with Crippen LogP contribution in [-0.4, -0.2) is 47.5 Å². The zero-order valence-corrected chi connectivity index (χ0v) is 13.2. The van der Waals surface area contributed by atoms with Crippen molar-refractivity contribution in [1.29, 1.82) is 0 Å². The van der Waals surface area contributed by atoms with E-state index in [4.69, 9.17) is 22.1 Å². The molecule has 1 amide bonds. The van der Waals surface area contributed by atoms with Crippen molar-refractivity contribution in [2.75, 3.05) is 30.4 Å². The van der Waals surface area contributed by atoms with Crippen LogP contribution in [0.3, 0.4) is 0 Å². The van der Waals surface area contributed by atoms with Crippen LogP contribution in [0.1, 0.15) is 17.3 Å². The molecule has 0 aliphatic carbocycles. The molecule has 1 unspecified atom stereocenters. The smallest absolute Gasteiger partial charge is 0.329 e. The number of thioether (sulfide) groups is 1. The lowest BCUT2D eigenvalue weighted by Crippen LogP contribution is -2.51. The largest absolute Gasteiger partial charge is 0.464 e. The molecule has 114 valence electrons. The molecule has 0 spiro atoms. The number of anilines is 1. The van der Waals surface area contributed by atoms with Crippen molar-refractivity contribution >= 4 is 40.9 Å². The van der Waals surface area contributed by atoms with E-state index in [9.17, 15) is 9.59 Å². The normalized spacial score (nSPS) is 18.4. The highest BCUT2D eigenvalue weighted by Crippen LogP contribution is 2.23. The molecule has 7 heteroatoms. The van der Waals surface area contributed by atoms with E-state index < -0.39 is 6.04 Å². The first-order chi connectivity index (χ1) is 10.0. The van der Waals surface area contributed by atoms with E-state index in [0.29, 0.717) is 35.2 Å². The Labute approximate surface area is 132 Å². The van der Waals surface area contributed by atoms with Gasteiger partial charge in [-0.1, -0.05) is 11.6 Å². The monoisotopic (exact) mass is 328 g/mol. The topological polar surface area (TPSA) is 72.6 Å². The van der Waals surface area contributed by atoms with Gasteiger partial charge in [0.1, 0.15) is 6.04 Å². The lowest BCUT2D eigenvalue weighted by molar-refractivity contribution is -0.147. The molecule has 1 aromatic carbocycles. The number of nitrogens with zero attached hydrogens (tertiary/aromatic N) is 1. The standard InChI is InChI=1S/C14H17ClN2O3S/c1-2-20-14(19)12-8-21-4-3-17(12)13(18)9-5-10(15)7-11(16)6-9/h5-7,12H,2-4,8,16H2,1H3. The summed E-state index contributed by atoms with van der Waals surface area (Å²) in [6.07, 6.45) is 0. The van der Waals surface area contributed by atoms with Crippen molar-refractivity contribution in [3.63, 3.8) is 0 Å². The average molecular weight is 329 g/mol. The summed E-state index contributed by atoms with van der Waals surface area (Å²) < 4.78 is 5.05. The molecular weight excluding hydrogens is 312 g/mol. The van der Waals surface area contributed by atoms with Gasteiger partial charge in [0, 0.05) is 34.3 Å². The Morgan fingerprint density at radius 3 is 2.90 bits per heavy atom. The van der Waals surface area contributed by atoms with Crippen molar-refractivity contribution in [2.24, 2.45) is 0 Å². The molecule has 1 atom stereocenters. The van der Waals surface area contributed by atoms with Gasteiger partial charge in [-0.2, -0.15) is 11.8 Å². The van der Waals surface area contributed by atoms with E-state index >= 15 is 0 Å². The number of nitrogens with two attached hydrogens (primary N) is 1. The van der Waals surface area contributed by atoms with E-state index in [1.807, 2.05) is 0 Å². The fourth-order valence-electron chi connectivity index (χ4n) is 2.18. The van der Waals surface area contributed by atoms with E-state index in [-0.39, 0.29) is 11.9 Å². The number of hydrogen-bond acceptors (Lipinski definition) is 5. The number of nitrogen functional groups attached to an aromatic ring is 1. The predicted octanol–water partition coefficient (Wildman–Crippen LogP) is 2.04. The number of halogens is 1. The second-order valence-corrected chi connectivity index (χ2v) is 6.20. The van der Waals surface area contributed by atoms with Gasteiger partial charge in [0.15, 0.2) is 0 Å². The van der Waals surface area contributed by atoms with Gasteiger partial charge >= 0.3 is 5.97 Å². The Balaban J connectivity index is 2.24. The molecule has 1 fully saturated rings. The van der Waals surface area contributed by atoms with Crippen LogP contribution < -0.4 is 5.73 Å². The summed E-state index contributed by atoms with van der Waals surface area (Å²) in [5.41, 5.74) is 6.53. The van der Waals surface area contributed by atoms with Crippen LogP contribution in [0, 0.1) is 0 Å². The van der Waals surface area contributed by atoms with Gasteiger partial charge in [-0.15, -0.1) is 0 Å². The second-order valence-electron chi connectivity index (χ2n) is 4.61. The van der Waals surface area contributed by atoms with Crippen LogP contribution in [0.15, 0.2) is 18.2 Å². The minimum Gasteiger partial charge on any atom is -0.464 e. The maximum Gasteiger partial charge on any atom is 0.329 e. The minimum atomic E-state index is -0.559. The lowest BCUT2D eigenvalue weighted by atomic mass is 10.1. The molecule has 0 bridgehead atoms. The van der Waals surface area contributed by atoms with Crippen molar-refractivity contribution in [2.45, 2.75) is 13.0 Å². The van der Waals surface area contributed by atoms with Gasteiger partial charge in [0.05, 0.1) is 6.61 Å². The van der Waals surface area contributed by atoms with Gasteiger partial charge in [0.25, 0.3) is 5.91 Å². The molecule has 1 saturated heterocycles. The van der Waals surface area contributed by atoms with E-state index in [1.165, 1.54) is 0 Å². The Bertz CT molecular complexity index is 533. The van der Waals surface area contributed by atoms with Gasteiger partial charge < -0.3 is 15.4 Å². The Morgan fingerprint density at radius 2 is 2.24 bits per heavy atom. The number of rotatable bonds is 3. The highest BCUT2D eigenvalue weighted by Gasteiger charge is 2.34. The number of ether oxygens (including phenoxy) is 1. The number of benzene rings is 1. The number of hydrogen-bond donors (Lipinski definition) is 1. The highest BCUT2D eigenvalue weighted by molar-refractivity contribution is 7.99. The van der Waals surface area contributed by atoms with E-state index in [2.05, 4.69) is 0 Å². The SMILES string of the molecule is CCOC(=O)C1CSCCN1C(=O)c1cc(N)cc(Cl)c1. The van der Waals surface area contributed by atoms with Crippen LogP contribution in [0.2, 0.25) is 5.02 Å².